The van der Waals surface area contributed by atoms with Crippen molar-refractivity contribution in [3.8, 4) is 0 Å². The normalized spacial score (nSPS) is 70.1. The van der Waals surface area contributed by atoms with Crippen LogP contribution in [0.2, 0.25) is 0 Å². The molecule has 0 heteroatoms. The minimum atomic E-state index is 0.851. The molecule has 0 bridgehead atoms. The van der Waals surface area contributed by atoms with Gasteiger partial charge in [-0.3, -0.25) is 0 Å². The van der Waals surface area contributed by atoms with Gasteiger partial charge in [-0.1, -0.05) is 27.7 Å². The van der Waals surface area contributed by atoms with Crippen molar-refractivity contribution >= 4 is 0 Å². The van der Waals surface area contributed by atoms with E-state index < -0.39 is 0 Å². The van der Waals surface area contributed by atoms with E-state index in [4.69, 9.17) is 0 Å². The Balaban J connectivity index is 1.91. The molecule has 0 nitrogen and oxygen atoms in total. The molecule has 6 atom stereocenters. The van der Waals surface area contributed by atoms with Gasteiger partial charge in [-0.05, 0) is 40.9 Å². The highest BCUT2D eigenvalue weighted by molar-refractivity contribution is 5.35. The van der Waals surface area contributed by atoms with Crippen molar-refractivity contribution in [3.05, 3.63) is 0 Å². The molecule has 0 aromatic rings. The van der Waals surface area contributed by atoms with Gasteiger partial charge in [0.05, 0.1) is 0 Å². The fourth-order valence-corrected chi connectivity index (χ4v) is 4.85. The summed E-state index contributed by atoms with van der Waals surface area (Å²) in [6, 6.07) is 0. The highest BCUT2D eigenvalue weighted by atomic mass is 14.9. The summed E-state index contributed by atoms with van der Waals surface area (Å²) in [5, 5.41) is 0. The van der Waals surface area contributed by atoms with Crippen molar-refractivity contribution in [2.75, 3.05) is 0 Å². The molecular weight excluding hydrogens is 132 g/mol. The van der Waals surface area contributed by atoms with Gasteiger partial charge in [0.2, 0.25) is 0 Å². The van der Waals surface area contributed by atoms with Crippen molar-refractivity contribution < 1.29 is 0 Å². The molecule has 3 aliphatic carbocycles. The number of rotatable bonds is 1. The van der Waals surface area contributed by atoms with Crippen LogP contribution in [0.15, 0.2) is 0 Å². The molecule has 3 rings (SSSR count). The number of hydrogen-bond acceptors (Lipinski definition) is 0. The van der Waals surface area contributed by atoms with Crippen LogP contribution in [0.1, 0.15) is 27.7 Å². The maximum Gasteiger partial charge on any atom is -0.0178 e. The molecule has 0 heterocycles. The van der Waals surface area contributed by atoms with Gasteiger partial charge in [-0.2, -0.15) is 0 Å². The SMILES string of the molecule is CC1C2C1C1(C(C)C)C(C)C21. The summed E-state index contributed by atoms with van der Waals surface area (Å²) >= 11 is 0. The van der Waals surface area contributed by atoms with Crippen molar-refractivity contribution in [3.63, 3.8) is 0 Å². The summed E-state index contributed by atoms with van der Waals surface area (Å²) in [6.45, 7) is 9.79. The zero-order valence-electron chi connectivity index (χ0n) is 7.96. The Kier molecular flexibility index (Phi) is 0.832. The Hall–Kier alpha value is 0. The molecule has 0 aromatic carbocycles. The predicted octanol–water partition coefficient (Wildman–Crippen LogP) is 2.79. The van der Waals surface area contributed by atoms with Crippen molar-refractivity contribution in [1.82, 2.24) is 0 Å². The van der Waals surface area contributed by atoms with Crippen LogP contribution in [-0.4, -0.2) is 0 Å². The van der Waals surface area contributed by atoms with Gasteiger partial charge in [-0.15, -0.1) is 0 Å². The summed E-state index contributed by atoms with van der Waals surface area (Å²) in [6.07, 6.45) is 0. The monoisotopic (exact) mass is 150 g/mol. The molecule has 0 spiro atoms. The van der Waals surface area contributed by atoms with Gasteiger partial charge in [0.15, 0.2) is 0 Å². The van der Waals surface area contributed by atoms with Gasteiger partial charge in [0, 0.05) is 0 Å². The van der Waals surface area contributed by atoms with Crippen LogP contribution < -0.4 is 0 Å². The quantitative estimate of drug-likeness (QED) is 0.539. The Bertz CT molecular complexity index is 203. The molecule has 62 valence electrons. The Morgan fingerprint density at radius 2 is 1.73 bits per heavy atom. The van der Waals surface area contributed by atoms with E-state index in [9.17, 15) is 0 Å². The lowest BCUT2D eigenvalue weighted by Gasteiger charge is -2.29. The third kappa shape index (κ3) is 0.400. The third-order valence-corrected chi connectivity index (χ3v) is 5.23. The van der Waals surface area contributed by atoms with E-state index in [1.807, 2.05) is 0 Å². The summed E-state index contributed by atoms with van der Waals surface area (Å²) in [5.74, 6) is 6.61. The first-order valence-corrected chi connectivity index (χ1v) is 5.13. The highest BCUT2D eigenvalue weighted by Crippen LogP contribution is 2.92. The van der Waals surface area contributed by atoms with Crippen molar-refractivity contribution in [2.45, 2.75) is 27.7 Å². The van der Waals surface area contributed by atoms with Crippen molar-refractivity contribution in [2.24, 2.45) is 40.9 Å². The van der Waals surface area contributed by atoms with Crippen LogP contribution in [0.25, 0.3) is 0 Å². The van der Waals surface area contributed by atoms with E-state index in [-0.39, 0.29) is 0 Å². The molecule has 3 aliphatic rings. The van der Waals surface area contributed by atoms with E-state index in [0.29, 0.717) is 0 Å². The minimum Gasteiger partial charge on any atom is -0.0622 e. The van der Waals surface area contributed by atoms with E-state index in [0.717, 1.165) is 35.0 Å². The van der Waals surface area contributed by atoms with Crippen LogP contribution in [0.3, 0.4) is 0 Å². The molecular formula is C11H18. The van der Waals surface area contributed by atoms with E-state index in [1.54, 1.807) is 0 Å². The van der Waals surface area contributed by atoms with Gasteiger partial charge in [0.1, 0.15) is 0 Å². The molecule has 3 fully saturated rings. The van der Waals surface area contributed by atoms with Gasteiger partial charge >= 0.3 is 0 Å². The first-order valence-electron chi connectivity index (χ1n) is 5.13. The third-order valence-electron chi connectivity index (χ3n) is 5.23. The molecule has 3 saturated carbocycles. The van der Waals surface area contributed by atoms with Crippen LogP contribution in [0.4, 0.5) is 0 Å². The molecule has 6 unspecified atom stereocenters. The lowest BCUT2D eigenvalue weighted by atomic mass is 9.75. The Labute approximate surface area is 69.4 Å². The maximum absolute atomic E-state index is 2.48. The summed E-state index contributed by atoms with van der Waals surface area (Å²) < 4.78 is 0. The Morgan fingerprint density at radius 3 is 2.09 bits per heavy atom. The lowest BCUT2D eigenvalue weighted by molar-refractivity contribution is 0.181. The predicted molar refractivity (Wildman–Crippen MR) is 46.1 cm³/mol. The first kappa shape index (κ1) is 6.51. The van der Waals surface area contributed by atoms with Gasteiger partial charge in [0.25, 0.3) is 0 Å². The van der Waals surface area contributed by atoms with E-state index in [1.165, 1.54) is 5.92 Å². The first-order chi connectivity index (χ1) is 5.13. The minimum absolute atomic E-state index is 0.851. The number of hydrogen-bond donors (Lipinski definition) is 0. The molecule has 0 saturated heterocycles. The summed E-state index contributed by atoms with van der Waals surface area (Å²) in [5.41, 5.74) is 0.851. The number of fused-ring (bicyclic) bond motifs is 4. The van der Waals surface area contributed by atoms with Gasteiger partial charge in [-0.25, -0.2) is 0 Å². The zero-order valence-corrected chi connectivity index (χ0v) is 7.96. The largest absolute Gasteiger partial charge is 0.0622 e. The van der Waals surface area contributed by atoms with E-state index in [2.05, 4.69) is 27.7 Å². The van der Waals surface area contributed by atoms with E-state index >= 15 is 0 Å². The molecule has 0 amide bonds. The average molecular weight is 150 g/mol. The summed E-state index contributed by atoms with van der Waals surface area (Å²) in [4.78, 5) is 0. The second-order valence-electron chi connectivity index (χ2n) is 5.43. The second kappa shape index (κ2) is 1.41. The summed E-state index contributed by atoms with van der Waals surface area (Å²) in [7, 11) is 0. The smallest absolute Gasteiger partial charge is 0.0178 e. The molecule has 0 aliphatic heterocycles. The topological polar surface area (TPSA) is 0 Å². The molecule has 0 aromatic heterocycles. The molecule has 0 radical (unpaired) electrons. The van der Waals surface area contributed by atoms with Crippen LogP contribution >= 0.6 is 0 Å². The van der Waals surface area contributed by atoms with Crippen LogP contribution in [0.5, 0.6) is 0 Å². The standard InChI is InChI=1S/C11H18/c1-5(2)11-7(4)10(11)8-6(3)9(8)11/h5-10H,1-4H3. The highest BCUT2D eigenvalue weighted by Gasteiger charge is 2.88. The van der Waals surface area contributed by atoms with Crippen LogP contribution in [0, 0.1) is 40.9 Å². The zero-order chi connectivity index (χ0) is 7.96. The maximum atomic E-state index is 2.48. The fourth-order valence-electron chi connectivity index (χ4n) is 4.85. The van der Waals surface area contributed by atoms with Gasteiger partial charge < -0.3 is 0 Å². The lowest BCUT2D eigenvalue weighted by Crippen LogP contribution is -2.25. The molecule has 0 N–H and O–H groups in total. The van der Waals surface area contributed by atoms with Crippen molar-refractivity contribution in [1.29, 1.82) is 0 Å². The average Bonchev–Trinajstić information content (AvgIpc) is 2.48. The van der Waals surface area contributed by atoms with Crippen LogP contribution in [-0.2, 0) is 0 Å². The Morgan fingerprint density at radius 1 is 1.09 bits per heavy atom. The second-order valence-corrected chi connectivity index (χ2v) is 5.43. The molecule has 11 heavy (non-hydrogen) atoms. The fraction of sp³-hybridized carbons (Fsp3) is 1.00.